The highest BCUT2D eigenvalue weighted by Gasteiger charge is 2.18. The van der Waals surface area contributed by atoms with E-state index in [0.29, 0.717) is 37.4 Å². The number of anilines is 2. The van der Waals surface area contributed by atoms with E-state index in [1.165, 1.54) is 5.69 Å². The summed E-state index contributed by atoms with van der Waals surface area (Å²) >= 11 is 0. The minimum absolute atomic E-state index is 0.302. The lowest BCUT2D eigenvalue weighted by molar-refractivity contribution is 0.203. The summed E-state index contributed by atoms with van der Waals surface area (Å²) in [6.07, 6.45) is 2.10. The van der Waals surface area contributed by atoms with Crippen LogP contribution in [0.1, 0.15) is 32.3 Å². The highest BCUT2D eigenvalue weighted by molar-refractivity contribution is 5.93. The SMILES string of the molecule is CCNC(=NCc1ccc(N2CCC(CO)CC2)cc1)Nc1ccc(OCC)c(OC)c1. The molecule has 0 bridgehead atoms. The van der Waals surface area contributed by atoms with Crippen LogP contribution in [0.4, 0.5) is 11.4 Å². The number of nitrogens with zero attached hydrogens (tertiary/aromatic N) is 2. The number of ether oxygens (including phenoxy) is 2. The van der Waals surface area contributed by atoms with Crippen LogP contribution >= 0.6 is 0 Å². The summed E-state index contributed by atoms with van der Waals surface area (Å²) in [7, 11) is 1.64. The van der Waals surface area contributed by atoms with E-state index in [-0.39, 0.29) is 0 Å². The Bertz CT molecular complexity index is 862. The van der Waals surface area contributed by atoms with Gasteiger partial charge in [0.25, 0.3) is 0 Å². The lowest BCUT2D eigenvalue weighted by Crippen LogP contribution is -2.34. The monoisotopic (exact) mass is 440 g/mol. The van der Waals surface area contributed by atoms with Crippen molar-refractivity contribution in [1.29, 1.82) is 0 Å². The summed E-state index contributed by atoms with van der Waals surface area (Å²) in [5, 5.41) is 16.0. The first-order valence-electron chi connectivity index (χ1n) is 11.5. The lowest BCUT2D eigenvalue weighted by atomic mass is 9.97. The van der Waals surface area contributed by atoms with Gasteiger partial charge >= 0.3 is 0 Å². The second-order valence-corrected chi connectivity index (χ2v) is 7.90. The number of guanidine groups is 1. The number of rotatable bonds is 9. The van der Waals surface area contributed by atoms with Crippen molar-refractivity contribution in [3.05, 3.63) is 48.0 Å². The van der Waals surface area contributed by atoms with Gasteiger partial charge in [-0.15, -0.1) is 0 Å². The van der Waals surface area contributed by atoms with E-state index in [2.05, 4.69) is 39.8 Å². The first kappa shape index (κ1) is 23.7. The van der Waals surface area contributed by atoms with Crippen LogP contribution in [-0.2, 0) is 6.54 Å². The zero-order valence-corrected chi connectivity index (χ0v) is 19.4. The lowest BCUT2D eigenvalue weighted by Gasteiger charge is -2.32. The maximum absolute atomic E-state index is 9.33. The number of methoxy groups -OCH3 is 1. The molecular formula is C25H36N4O3. The molecule has 0 saturated carbocycles. The molecule has 0 aromatic heterocycles. The first-order valence-corrected chi connectivity index (χ1v) is 11.5. The zero-order chi connectivity index (χ0) is 22.8. The Labute approximate surface area is 191 Å². The number of aliphatic hydroxyl groups is 1. The number of hydrogen-bond acceptors (Lipinski definition) is 5. The maximum Gasteiger partial charge on any atom is 0.196 e. The molecule has 0 unspecified atom stereocenters. The van der Waals surface area contributed by atoms with Crippen molar-refractivity contribution >= 4 is 17.3 Å². The van der Waals surface area contributed by atoms with Crippen molar-refractivity contribution in [2.45, 2.75) is 33.2 Å². The number of aliphatic hydroxyl groups excluding tert-OH is 1. The van der Waals surface area contributed by atoms with Crippen molar-refractivity contribution in [3.63, 3.8) is 0 Å². The van der Waals surface area contributed by atoms with Gasteiger partial charge in [-0.1, -0.05) is 12.1 Å². The molecule has 7 nitrogen and oxygen atoms in total. The van der Waals surface area contributed by atoms with E-state index in [9.17, 15) is 5.11 Å². The van der Waals surface area contributed by atoms with Crippen LogP contribution in [0.2, 0.25) is 0 Å². The minimum atomic E-state index is 0.302. The third-order valence-corrected chi connectivity index (χ3v) is 5.66. The predicted octanol–water partition coefficient (Wildman–Crippen LogP) is 3.88. The highest BCUT2D eigenvalue weighted by atomic mass is 16.5. The van der Waals surface area contributed by atoms with E-state index >= 15 is 0 Å². The Morgan fingerprint density at radius 3 is 2.47 bits per heavy atom. The normalized spacial score (nSPS) is 14.9. The van der Waals surface area contributed by atoms with Gasteiger partial charge in [0.2, 0.25) is 0 Å². The van der Waals surface area contributed by atoms with Crippen molar-refractivity contribution in [3.8, 4) is 11.5 Å². The molecule has 7 heteroatoms. The average Bonchev–Trinajstić information content (AvgIpc) is 2.84. The summed E-state index contributed by atoms with van der Waals surface area (Å²) in [4.78, 5) is 7.13. The summed E-state index contributed by atoms with van der Waals surface area (Å²) in [6, 6.07) is 14.4. The third kappa shape index (κ3) is 6.53. The molecule has 0 aliphatic carbocycles. The fourth-order valence-electron chi connectivity index (χ4n) is 3.82. The molecule has 1 fully saturated rings. The van der Waals surface area contributed by atoms with E-state index in [4.69, 9.17) is 14.5 Å². The van der Waals surface area contributed by atoms with Crippen molar-refractivity contribution in [2.75, 3.05) is 50.2 Å². The van der Waals surface area contributed by atoms with Gasteiger partial charge < -0.3 is 30.1 Å². The molecule has 32 heavy (non-hydrogen) atoms. The van der Waals surface area contributed by atoms with Crippen LogP contribution in [0.15, 0.2) is 47.5 Å². The Hall–Kier alpha value is -2.93. The van der Waals surface area contributed by atoms with Crippen LogP contribution < -0.4 is 25.0 Å². The molecular weight excluding hydrogens is 404 g/mol. The third-order valence-electron chi connectivity index (χ3n) is 5.66. The van der Waals surface area contributed by atoms with Crippen LogP contribution in [0.25, 0.3) is 0 Å². The second-order valence-electron chi connectivity index (χ2n) is 7.90. The number of nitrogens with one attached hydrogen (secondary N) is 2. The number of hydrogen-bond donors (Lipinski definition) is 3. The van der Waals surface area contributed by atoms with Gasteiger partial charge in [-0.05, 0) is 62.4 Å². The number of aliphatic imine (C=N–C) groups is 1. The number of piperidine rings is 1. The topological polar surface area (TPSA) is 78.4 Å². The van der Waals surface area contributed by atoms with Gasteiger partial charge in [-0.25, -0.2) is 4.99 Å². The van der Waals surface area contributed by atoms with Crippen LogP contribution in [-0.4, -0.2) is 51.0 Å². The quantitative estimate of drug-likeness (QED) is 0.406. The molecule has 0 atom stereocenters. The fraction of sp³-hybridized carbons (Fsp3) is 0.480. The smallest absolute Gasteiger partial charge is 0.196 e. The Kier molecular flexibility index (Phi) is 9.04. The van der Waals surface area contributed by atoms with Gasteiger partial charge in [-0.2, -0.15) is 0 Å². The van der Waals surface area contributed by atoms with E-state index in [1.54, 1.807) is 7.11 Å². The van der Waals surface area contributed by atoms with Gasteiger partial charge in [0.1, 0.15) is 0 Å². The van der Waals surface area contributed by atoms with Gasteiger partial charge in [0, 0.05) is 43.7 Å². The molecule has 2 aromatic carbocycles. The second kappa shape index (κ2) is 12.2. The molecule has 1 saturated heterocycles. The zero-order valence-electron chi connectivity index (χ0n) is 19.4. The van der Waals surface area contributed by atoms with E-state index < -0.39 is 0 Å². The van der Waals surface area contributed by atoms with Gasteiger partial charge in [-0.3, -0.25) is 0 Å². The summed E-state index contributed by atoms with van der Waals surface area (Å²) in [5.41, 5.74) is 3.27. The summed E-state index contributed by atoms with van der Waals surface area (Å²) < 4.78 is 11.0. The minimum Gasteiger partial charge on any atom is -0.493 e. The maximum atomic E-state index is 9.33. The molecule has 3 N–H and O–H groups in total. The molecule has 0 amide bonds. The molecule has 174 valence electrons. The molecule has 3 rings (SSSR count). The Morgan fingerprint density at radius 1 is 1.09 bits per heavy atom. The van der Waals surface area contributed by atoms with Crippen LogP contribution in [0.5, 0.6) is 11.5 Å². The van der Waals surface area contributed by atoms with Crippen molar-refractivity contribution in [2.24, 2.45) is 10.9 Å². The molecule has 0 radical (unpaired) electrons. The average molecular weight is 441 g/mol. The summed E-state index contributed by atoms with van der Waals surface area (Å²) in [5.74, 6) is 2.58. The molecule has 0 spiro atoms. The molecule has 1 aliphatic rings. The van der Waals surface area contributed by atoms with Crippen LogP contribution in [0.3, 0.4) is 0 Å². The standard InChI is InChI=1S/C25H36N4O3/c1-4-26-25(28-21-8-11-23(32-5-2)24(16-21)31-3)27-17-19-6-9-22(10-7-19)29-14-12-20(18-30)13-15-29/h6-11,16,20,30H,4-5,12-15,17-18H2,1-3H3,(H2,26,27,28). The molecule has 2 aromatic rings. The largest absolute Gasteiger partial charge is 0.493 e. The highest BCUT2D eigenvalue weighted by Crippen LogP contribution is 2.30. The van der Waals surface area contributed by atoms with Crippen LogP contribution in [0, 0.1) is 5.92 Å². The van der Waals surface area contributed by atoms with E-state index in [1.807, 2.05) is 32.0 Å². The Balaban J connectivity index is 1.62. The molecule has 1 aliphatic heterocycles. The first-order chi connectivity index (χ1) is 15.7. The molecule has 1 heterocycles. The Morgan fingerprint density at radius 2 is 1.84 bits per heavy atom. The van der Waals surface area contributed by atoms with E-state index in [0.717, 1.165) is 49.5 Å². The van der Waals surface area contributed by atoms with Crippen molar-refractivity contribution < 1.29 is 14.6 Å². The fourth-order valence-corrected chi connectivity index (χ4v) is 3.82. The predicted molar refractivity (Wildman–Crippen MR) is 131 cm³/mol. The van der Waals surface area contributed by atoms with Gasteiger partial charge in [0.05, 0.1) is 20.3 Å². The van der Waals surface area contributed by atoms with Crippen molar-refractivity contribution in [1.82, 2.24) is 5.32 Å². The number of benzene rings is 2. The van der Waals surface area contributed by atoms with Gasteiger partial charge in [0.15, 0.2) is 17.5 Å². The summed E-state index contributed by atoms with van der Waals surface area (Å²) in [6.45, 7) is 8.24.